The van der Waals surface area contributed by atoms with Crippen LogP contribution < -0.4 is 10.5 Å². The number of fused-ring (bicyclic) bond motifs is 1. The van der Waals surface area contributed by atoms with Crippen LogP contribution in [-0.4, -0.2) is 54.8 Å². The van der Waals surface area contributed by atoms with E-state index in [2.05, 4.69) is 9.71 Å². The first-order valence-corrected chi connectivity index (χ1v) is 17.0. The first-order chi connectivity index (χ1) is 23.0. The molecule has 8 nitrogen and oxygen atoms in total. The summed E-state index contributed by atoms with van der Waals surface area (Å²) in [5.74, 6) is -4.19. The lowest BCUT2D eigenvalue weighted by molar-refractivity contribution is 0.0355. The lowest BCUT2D eigenvalue weighted by Gasteiger charge is -2.43. The van der Waals surface area contributed by atoms with Crippen LogP contribution in [0.2, 0.25) is 0 Å². The maximum absolute atomic E-state index is 13.9. The molecule has 1 aliphatic rings. The Morgan fingerprint density at radius 3 is 2.38 bits per heavy atom. The van der Waals surface area contributed by atoms with E-state index in [1.165, 1.54) is 24.3 Å². The van der Waals surface area contributed by atoms with E-state index in [1.807, 2.05) is 36.1 Å². The molecule has 0 spiro atoms. The Kier molecular flexibility index (Phi) is 9.13. The molecule has 4 aromatic carbocycles. The molecule has 0 saturated carbocycles. The molecule has 3 N–H and O–H groups in total. The lowest BCUT2D eigenvalue weighted by atomic mass is 10.0. The van der Waals surface area contributed by atoms with Crippen LogP contribution in [0.5, 0.6) is 0 Å². The molecule has 1 unspecified atom stereocenters. The zero-order valence-electron chi connectivity index (χ0n) is 26.3. The zero-order chi connectivity index (χ0) is 34.2. The number of amides is 1. The smallest absolute Gasteiger partial charge is 0.262 e. The van der Waals surface area contributed by atoms with Gasteiger partial charge in [0.15, 0.2) is 17.5 Å². The van der Waals surface area contributed by atoms with E-state index in [1.54, 1.807) is 42.3 Å². The third kappa shape index (κ3) is 6.45. The molecule has 1 fully saturated rings. The van der Waals surface area contributed by atoms with E-state index in [-0.39, 0.29) is 22.5 Å². The van der Waals surface area contributed by atoms with Gasteiger partial charge >= 0.3 is 0 Å². The molecule has 248 valence electrons. The molecule has 1 amide bonds. The van der Waals surface area contributed by atoms with Gasteiger partial charge in [-0.2, -0.15) is 0 Å². The summed E-state index contributed by atoms with van der Waals surface area (Å²) in [4.78, 5) is 21.9. The number of hydrogen-bond acceptors (Lipinski definition) is 6. The molecule has 2 atom stereocenters. The third-order valence-electron chi connectivity index (χ3n) is 8.88. The Hall–Kier alpha value is -4.94. The van der Waals surface area contributed by atoms with Crippen molar-refractivity contribution in [3.63, 3.8) is 0 Å². The minimum Gasteiger partial charge on any atom is -0.399 e. The molecule has 48 heavy (non-hydrogen) atoms. The molecule has 6 rings (SSSR count). The van der Waals surface area contributed by atoms with Crippen molar-refractivity contribution in [2.45, 2.75) is 37.2 Å². The second kappa shape index (κ2) is 13.3. The summed E-state index contributed by atoms with van der Waals surface area (Å²) in [6.45, 7) is 5.01. The number of rotatable bonds is 8. The number of halogens is 3. The highest BCUT2D eigenvalue weighted by Crippen LogP contribution is 2.35. The van der Waals surface area contributed by atoms with Crippen molar-refractivity contribution < 1.29 is 26.4 Å². The molecular weight excluding hydrogens is 639 g/mol. The van der Waals surface area contributed by atoms with Gasteiger partial charge in [-0.15, -0.1) is 0 Å². The summed E-state index contributed by atoms with van der Waals surface area (Å²) in [6.07, 6.45) is 2.28. The second-order valence-electron chi connectivity index (χ2n) is 11.8. The Morgan fingerprint density at radius 1 is 0.958 bits per heavy atom. The fraction of sp³-hybridized carbons (Fsp3) is 0.222. The predicted molar refractivity (Wildman–Crippen MR) is 180 cm³/mol. The van der Waals surface area contributed by atoms with Crippen LogP contribution >= 0.6 is 0 Å². The standard InChI is InChI=1S/C36H34F3N5O3S/c1-3-28-21-43(22(2)25-18-31(37)34(39)32(38)19-25)16-17-44(28)36(45)24-9-12-27(13-10-24)42-48(46,47)33-14-11-26(40)20-30(33)29-8-4-6-23-7-5-15-41-35(23)29/h4-15,18-20,22,28,42H,3,16-17,21,40H2,1-2H3/t22?,28-/m0/s1. The van der Waals surface area contributed by atoms with Gasteiger partial charge in [-0.3, -0.25) is 19.4 Å². The number of nitrogens with two attached hydrogens (primary N) is 1. The lowest BCUT2D eigenvalue weighted by Crippen LogP contribution is -2.55. The molecule has 0 bridgehead atoms. The van der Waals surface area contributed by atoms with Crippen LogP contribution in [0.4, 0.5) is 24.5 Å². The number of nitrogens with one attached hydrogen (secondary N) is 1. The monoisotopic (exact) mass is 673 g/mol. The maximum atomic E-state index is 13.9. The molecule has 12 heteroatoms. The fourth-order valence-electron chi connectivity index (χ4n) is 6.25. The van der Waals surface area contributed by atoms with Crippen LogP contribution in [-0.2, 0) is 10.0 Å². The first-order valence-electron chi connectivity index (χ1n) is 15.5. The molecule has 1 aromatic heterocycles. The third-order valence-corrected chi connectivity index (χ3v) is 10.3. The average molecular weight is 674 g/mol. The van der Waals surface area contributed by atoms with Gasteiger partial charge in [0, 0.05) is 71.4 Å². The number of piperazine rings is 1. The number of nitrogens with zero attached hydrogens (tertiary/aromatic N) is 3. The van der Waals surface area contributed by atoms with Crippen molar-refractivity contribution in [3.05, 3.63) is 120 Å². The molecule has 1 saturated heterocycles. The number of pyridine rings is 1. The number of hydrogen-bond donors (Lipinski definition) is 2. The average Bonchev–Trinajstić information content (AvgIpc) is 3.09. The summed E-state index contributed by atoms with van der Waals surface area (Å²) < 4.78 is 71.4. The van der Waals surface area contributed by atoms with E-state index < -0.39 is 33.5 Å². The zero-order valence-corrected chi connectivity index (χ0v) is 27.1. The Balaban J connectivity index is 1.18. The summed E-state index contributed by atoms with van der Waals surface area (Å²) in [6, 6.07) is 21.5. The maximum Gasteiger partial charge on any atom is 0.262 e. The number of anilines is 2. The van der Waals surface area contributed by atoms with Crippen molar-refractivity contribution >= 4 is 38.2 Å². The number of carbonyl (C=O) groups excluding carboxylic acids is 1. The molecular formula is C36H34F3N5O3S. The largest absolute Gasteiger partial charge is 0.399 e. The highest BCUT2D eigenvalue weighted by molar-refractivity contribution is 7.92. The van der Waals surface area contributed by atoms with Crippen LogP contribution in [0.1, 0.15) is 42.2 Å². The van der Waals surface area contributed by atoms with E-state index in [0.29, 0.717) is 59.5 Å². The van der Waals surface area contributed by atoms with Gasteiger partial charge in [0.25, 0.3) is 15.9 Å². The van der Waals surface area contributed by atoms with Crippen LogP contribution in [0.25, 0.3) is 22.0 Å². The normalized spacial score (nSPS) is 16.2. The van der Waals surface area contributed by atoms with E-state index in [4.69, 9.17) is 5.73 Å². The fourth-order valence-corrected chi connectivity index (χ4v) is 7.51. The Bertz CT molecular complexity index is 2080. The highest BCUT2D eigenvalue weighted by atomic mass is 32.2. The van der Waals surface area contributed by atoms with Gasteiger partial charge in [0.1, 0.15) is 0 Å². The van der Waals surface area contributed by atoms with Gasteiger partial charge in [-0.05, 0) is 79.6 Å². The van der Waals surface area contributed by atoms with Gasteiger partial charge in [0.05, 0.1) is 10.4 Å². The predicted octanol–water partition coefficient (Wildman–Crippen LogP) is 7.00. The van der Waals surface area contributed by atoms with Crippen LogP contribution in [0.3, 0.4) is 0 Å². The molecule has 2 heterocycles. The van der Waals surface area contributed by atoms with Gasteiger partial charge in [-0.25, -0.2) is 21.6 Å². The molecule has 0 radical (unpaired) electrons. The quantitative estimate of drug-likeness (QED) is 0.136. The minimum atomic E-state index is -4.09. The van der Waals surface area contributed by atoms with Crippen LogP contribution in [0.15, 0.2) is 96.0 Å². The Labute approximate surface area is 277 Å². The van der Waals surface area contributed by atoms with E-state index in [0.717, 1.165) is 17.5 Å². The number of para-hydroxylation sites is 1. The van der Waals surface area contributed by atoms with Crippen molar-refractivity contribution in [1.82, 2.24) is 14.8 Å². The summed E-state index contributed by atoms with van der Waals surface area (Å²) >= 11 is 0. The van der Waals surface area contributed by atoms with Crippen molar-refractivity contribution in [2.24, 2.45) is 0 Å². The number of benzene rings is 4. The van der Waals surface area contributed by atoms with E-state index >= 15 is 0 Å². The van der Waals surface area contributed by atoms with Gasteiger partial charge in [0.2, 0.25) is 0 Å². The summed E-state index contributed by atoms with van der Waals surface area (Å²) in [5, 5.41) is 0.855. The number of sulfonamides is 1. The van der Waals surface area contributed by atoms with Crippen LogP contribution in [0, 0.1) is 17.5 Å². The summed E-state index contributed by atoms with van der Waals surface area (Å²) in [5.41, 5.74) is 9.14. The second-order valence-corrected chi connectivity index (χ2v) is 13.5. The van der Waals surface area contributed by atoms with Crippen molar-refractivity contribution in [3.8, 4) is 11.1 Å². The number of aromatic nitrogens is 1. The van der Waals surface area contributed by atoms with Gasteiger partial charge in [-0.1, -0.05) is 31.2 Å². The van der Waals surface area contributed by atoms with Crippen molar-refractivity contribution in [1.29, 1.82) is 0 Å². The number of nitrogen functional groups attached to an aromatic ring is 1. The molecule has 1 aliphatic heterocycles. The highest BCUT2D eigenvalue weighted by Gasteiger charge is 2.33. The SMILES string of the molecule is CC[C@H]1CN(C(C)c2cc(F)c(F)c(F)c2)CCN1C(=O)c1ccc(NS(=O)(=O)c2ccc(N)cc2-c2cccc3cccnc23)cc1. The number of carbonyl (C=O) groups is 1. The minimum absolute atomic E-state index is 0.0269. The Morgan fingerprint density at radius 2 is 1.67 bits per heavy atom. The first kappa shape index (κ1) is 33.0. The van der Waals surface area contributed by atoms with Gasteiger partial charge < -0.3 is 10.6 Å². The molecule has 5 aromatic rings. The molecule has 0 aliphatic carbocycles. The topological polar surface area (TPSA) is 109 Å². The van der Waals surface area contributed by atoms with Crippen molar-refractivity contribution in [2.75, 3.05) is 30.1 Å². The van der Waals surface area contributed by atoms with E-state index in [9.17, 15) is 26.4 Å². The summed E-state index contributed by atoms with van der Waals surface area (Å²) in [7, 11) is -4.09.